The summed E-state index contributed by atoms with van der Waals surface area (Å²) in [7, 11) is -2.29. The number of nitrogens with zero attached hydrogens (tertiary/aromatic N) is 2. The molecular weight excluding hydrogens is 371 g/mol. The molecular formula is C18H19FN4O3S. The lowest BCUT2D eigenvalue weighted by atomic mass is 10.2. The van der Waals surface area contributed by atoms with E-state index in [0.29, 0.717) is 24.1 Å². The fourth-order valence-electron chi connectivity index (χ4n) is 2.79. The Bertz CT molecular complexity index is 1050. The molecule has 9 heteroatoms. The number of sulfonamides is 1. The van der Waals surface area contributed by atoms with Gasteiger partial charge in [-0.1, -0.05) is 0 Å². The summed E-state index contributed by atoms with van der Waals surface area (Å²) in [6, 6.07) is 7.44. The van der Waals surface area contributed by atoms with Crippen molar-refractivity contribution in [3.05, 3.63) is 47.5 Å². The zero-order valence-corrected chi connectivity index (χ0v) is 15.7. The average molecular weight is 390 g/mol. The molecule has 1 amide bonds. The van der Waals surface area contributed by atoms with E-state index in [1.165, 1.54) is 35.0 Å². The standard InChI is InChI=1S/C18H19FN4O3S/c1-12-9-13(3-4-15(12)19)21-17(24)16-10-14(11-23(16)2)27(25,26)22-18(5-6-18)7-8-20/h3-4,9-11,22H,5-7H2,1-2H3,(H,21,24). The first-order valence-corrected chi connectivity index (χ1v) is 9.79. The SMILES string of the molecule is Cc1cc(NC(=O)c2cc(S(=O)(=O)NC3(CC#N)CC3)cn2C)ccc1F. The van der Waals surface area contributed by atoms with Crippen molar-refractivity contribution >= 4 is 21.6 Å². The second-order valence-corrected chi connectivity index (χ2v) is 8.49. The smallest absolute Gasteiger partial charge is 0.272 e. The fourth-order valence-corrected chi connectivity index (χ4v) is 4.31. The number of hydrogen-bond acceptors (Lipinski definition) is 4. The van der Waals surface area contributed by atoms with Gasteiger partial charge >= 0.3 is 0 Å². The van der Waals surface area contributed by atoms with Gasteiger partial charge in [0, 0.05) is 24.5 Å². The van der Waals surface area contributed by atoms with Crippen molar-refractivity contribution in [2.45, 2.75) is 36.6 Å². The van der Waals surface area contributed by atoms with Crippen molar-refractivity contribution in [3.8, 4) is 6.07 Å². The molecule has 1 fully saturated rings. The summed E-state index contributed by atoms with van der Waals surface area (Å²) in [5.41, 5.74) is 0.243. The molecule has 1 aliphatic rings. The van der Waals surface area contributed by atoms with Crippen LogP contribution < -0.4 is 10.0 Å². The maximum absolute atomic E-state index is 13.3. The predicted octanol–water partition coefficient (Wildman–Crippen LogP) is 2.45. The van der Waals surface area contributed by atoms with E-state index in [-0.39, 0.29) is 22.8 Å². The molecule has 7 nitrogen and oxygen atoms in total. The number of carbonyl (C=O) groups excluding carboxylic acids is 1. The average Bonchev–Trinajstić information content (AvgIpc) is 3.19. The van der Waals surface area contributed by atoms with Crippen LogP contribution in [-0.2, 0) is 17.1 Å². The molecule has 1 saturated carbocycles. The number of anilines is 1. The van der Waals surface area contributed by atoms with Crippen LogP contribution in [0, 0.1) is 24.1 Å². The van der Waals surface area contributed by atoms with Gasteiger partial charge in [0.1, 0.15) is 16.4 Å². The topological polar surface area (TPSA) is 104 Å². The summed E-state index contributed by atoms with van der Waals surface area (Å²) in [6.45, 7) is 1.58. The molecule has 2 N–H and O–H groups in total. The zero-order chi connectivity index (χ0) is 19.8. The molecule has 2 aromatic rings. The van der Waals surface area contributed by atoms with Crippen LogP contribution in [0.25, 0.3) is 0 Å². The molecule has 1 aromatic carbocycles. The monoisotopic (exact) mass is 390 g/mol. The first kappa shape index (κ1) is 19.1. The number of hydrogen-bond donors (Lipinski definition) is 2. The summed E-state index contributed by atoms with van der Waals surface area (Å²) in [5.74, 6) is -0.888. The number of aromatic nitrogens is 1. The largest absolute Gasteiger partial charge is 0.345 e. The quantitative estimate of drug-likeness (QED) is 0.790. The van der Waals surface area contributed by atoms with E-state index in [9.17, 15) is 17.6 Å². The molecule has 0 aliphatic heterocycles. The van der Waals surface area contributed by atoms with Crippen LogP contribution in [0.1, 0.15) is 35.3 Å². The lowest BCUT2D eigenvalue weighted by molar-refractivity contribution is 0.101. The maximum Gasteiger partial charge on any atom is 0.272 e. The number of carbonyl (C=O) groups is 1. The molecule has 1 aromatic heterocycles. The van der Waals surface area contributed by atoms with Crippen molar-refractivity contribution in [2.24, 2.45) is 7.05 Å². The van der Waals surface area contributed by atoms with Gasteiger partial charge in [0.05, 0.1) is 12.5 Å². The molecule has 27 heavy (non-hydrogen) atoms. The molecule has 1 aliphatic carbocycles. The Morgan fingerprint density at radius 3 is 2.67 bits per heavy atom. The van der Waals surface area contributed by atoms with Crippen LogP contribution in [0.2, 0.25) is 0 Å². The number of nitrogens with one attached hydrogen (secondary N) is 2. The Morgan fingerprint density at radius 2 is 2.07 bits per heavy atom. The summed E-state index contributed by atoms with van der Waals surface area (Å²) in [6.07, 6.45) is 2.68. The summed E-state index contributed by atoms with van der Waals surface area (Å²) >= 11 is 0. The van der Waals surface area contributed by atoms with E-state index in [4.69, 9.17) is 5.26 Å². The third kappa shape index (κ3) is 4.02. The van der Waals surface area contributed by atoms with Crippen molar-refractivity contribution in [1.82, 2.24) is 9.29 Å². The minimum atomic E-state index is -3.85. The second-order valence-electron chi connectivity index (χ2n) is 6.81. The Kier molecular flexibility index (Phi) is 4.80. The van der Waals surface area contributed by atoms with Crippen molar-refractivity contribution < 1.29 is 17.6 Å². The minimum absolute atomic E-state index is 0.0466. The minimum Gasteiger partial charge on any atom is -0.345 e. The van der Waals surface area contributed by atoms with Gasteiger partial charge in [-0.15, -0.1) is 0 Å². The van der Waals surface area contributed by atoms with Crippen molar-refractivity contribution in [1.29, 1.82) is 5.26 Å². The van der Waals surface area contributed by atoms with Gasteiger partial charge in [0.25, 0.3) is 5.91 Å². The summed E-state index contributed by atoms with van der Waals surface area (Å²) in [5, 5.41) is 11.5. The van der Waals surface area contributed by atoms with E-state index >= 15 is 0 Å². The maximum atomic E-state index is 13.3. The van der Waals surface area contributed by atoms with E-state index in [0.717, 1.165) is 0 Å². The number of amides is 1. The highest BCUT2D eigenvalue weighted by molar-refractivity contribution is 7.89. The summed E-state index contributed by atoms with van der Waals surface area (Å²) in [4.78, 5) is 12.4. The van der Waals surface area contributed by atoms with Gasteiger partial charge in [0.2, 0.25) is 10.0 Å². The van der Waals surface area contributed by atoms with E-state index in [1.807, 2.05) is 6.07 Å². The van der Waals surface area contributed by atoms with Gasteiger partial charge in [-0.2, -0.15) is 5.26 Å². The lowest BCUT2D eigenvalue weighted by Crippen LogP contribution is -2.36. The van der Waals surface area contributed by atoms with Gasteiger partial charge in [-0.3, -0.25) is 4.79 Å². The first-order valence-electron chi connectivity index (χ1n) is 8.31. The Balaban J connectivity index is 1.80. The third-order valence-electron chi connectivity index (χ3n) is 4.56. The third-order valence-corrected chi connectivity index (χ3v) is 6.11. The van der Waals surface area contributed by atoms with E-state index in [2.05, 4.69) is 10.0 Å². The van der Waals surface area contributed by atoms with Gasteiger partial charge in [0.15, 0.2) is 0 Å². The van der Waals surface area contributed by atoms with Crippen LogP contribution in [0.5, 0.6) is 0 Å². The molecule has 0 saturated heterocycles. The lowest BCUT2D eigenvalue weighted by Gasteiger charge is -2.12. The summed E-state index contributed by atoms with van der Waals surface area (Å²) < 4.78 is 42.5. The highest BCUT2D eigenvalue weighted by Gasteiger charge is 2.46. The van der Waals surface area contributed by atoms with Crippen LogP contribution in [0.3, 0.4) is 0 Å². The molecule has 0 unspecified atom stereocenters. The van der Waals surface area contributed by atoms with Crippen LogP contribution >= 0.6 is 0 Å². The van der Waals surface area contributed by atoms with E-state index in [1.54, 1.807) is 14.0 Å². The molecule has 3 rings (SSSR count). The number of rotatable bonds is 6. The second kappa shape index (κ2) is 6.79. The highest BCUT2D eigenvalue weighted by Crippen LogP contribution is 2.39. The predicted molar refractivity (Wildman–Crippen MR) is 97.0 cm³/mol. The highest BCUT2D eigenvalue weighted by atomic mass is 32.2. The van der Waals surface area contributed by atoms with Crippen LogP contribution in [0.4, 0.5) is 10.1 Å². The number of nitriles is 1. The molecule has 1 heterocycles. The molecule has 142 valence electrons. The molecule has 0 spiro atoms. The number of benzene rings is 1. The Labute approximate surface area is 156 Å². The first-order chi connectivity index (χ1) is 12.7. The molecule has 0 atom stereocenters. The molecule has 0 bridgehead atoms. The van der Waals surface area contributed by atoms with E-state index < -0.39 is 21.5 Å². The van der Waals surface area contributed by atoms with Crippen LogP contribution in [0.15, 0.2) is 35.4 Å². The fraction of sp³-hybridized carbons (Fsp3) is 0.333. The normalized spacial score (nSPS) is 15.2. The van der Waals surface area contributed by atoms with Gasteiger partial charge < -0.3 is 9.88 Å². The zero-order valence-electron chi connectivity index (χ0n) is 14.9. The Hall–Kier alpha value is -2.70. The number of aryl methyl sites for hydroxylation is 2. The van der Waals surface area contributed by atoms with Gasteiger partial charge in [-0.25, -0.2) is 17.5 Å². The Morgan fingerprint density at radius 1 is 1.37 bits per heavy atom. The van der Waals surface area contributed by atoms with Gasteiger partial charge in [-0.05, 0) is 49.6 Å². The van der Waals surface area contributed by atoms with Crippen molar-refractivity contribution in [3.63, 3.8) is 0 Å². The number of halogens is 1. The molecule has 0 radical (unpaired) electrons. The van der Waals surface area contributed by atoms with Crippen LogP contribution in [-0.4, -0.2) is 24.4 Å². The van der Waals surface area contributed by atoms with Crippen molar-refractivity contribution in [2.75, 3.05) is 5.32 Å².